The van der Waals surface area contributed by atoms with Crippen LogP contribution in [0.4, 0.5) is 5.69 Å². The lowest BCUT2D eigenvalue weighted by molar-refractivity contribution is -0.132. The fraction of sp³-hybridized carbons (Fsp3) is 0.417. The zero-order valence-corrected chi connectivity index (χ0v) is 18.0. The van der Waals surface area contributed by atoms with E-state index in [-0.39, 0.29) is 23.5 Å². The van der Waals surface area contributed by atoms with Crippen molar-refractivity contribution in [1.29, 1.82) is 0 Å². The van der Waals surface area contributed by atoms with Crippen LogP contribution in [0, 0.1) is 19.8 Å². The van der Waals surface area contributed by atoms with E-state index in [0.717, 1.165) is 5.56 Å². The summed E-state index contributed by atoms with van der Waals surface area (Å²) in [6.07, 6.45) is 1.40. The third-order valence-corrected chi connectivity index (χ3v) is 5.81. The Hall–Kier alpha value is -2.86. The molecule has 0 aromatic heterocycles. The average molecular weight is 410 g/mol. The summed E-state index contributed by atoms with van der Waals surface area (Å²) in [5.74, 6) is -0.0221. The number of aromatic hydroxyl groups is 1. The monoisotopic (exact) mass is 409 g/mol. The highest BCUT2D eigenvalue weighted by molar-refractivity contribution is 5.93. The quantitative estimate of drug-likeness (QED) is 0.718. The molecule has 2 aromatic rings. The van der Waals surface area contributed by atoms with Gasteiger partial charge in [-0.15, -0.1) is 0 Å². The van der Waals surface area contributed by atoms with Gasteiger partial charge in [0, 0.05) is 19.5 Å². The van der Waals surface area contributed by atoms with E-state index in [4.69, 9.17) is 0 Å². The number of carbonyl (C=O) groups is 2. The first kappa shape index (κ1) is 21.8. The molecular weight excluding hydrogens is 378 g/mol. The number of carbonyl (C=O) groups excluding carboxylic acids is 2. The number of benzene rings is 2. The van der Waals surface area contributed by atoms with Crippen molar-refractivity contribution in [3.8, 4) is 5.75 Å². The topological polar surface area (TPSA) is 72.9 Å². The van der Waals surface area contributed by atoms with Crippen LogP contribution in [0.25, 0.3) is 0 Å². The lowest BCUT2D eigenvalue weighted by Crippen LogP contribution is -2.43. The molecule has 0 aliphatic carbocycles. The van der Waals surface area contributed by atoms with Crippen molar-refractivity contribution in [3.05, 3.63) is 59.2 Å². The van der Waals surface area contributed by atoms with Gasteiger partial charge >= 0.3 is 0 Å². The number of amides is 2. The predicted octanol–water partition coefficient (Wildman–Crippen LogP) is 3.32. The van der Waals surface area contributed by atoms with Gasteiger partial charge in [0.25, 0.3) is 0 Å². The van der Waals surface area contributed by atoms with Crippen LogP contribution in [0.1, 0.15) is 29.5 Å². The molecule has 160 valence electrons. The summed E-state index contributed by atoms with van der Waals surface area (Å²) in [7, 11) is 1.84. The Morgan fingerprint density at radius 1 is 1.13 bits per heavy atom. The molecule has 2 N–H and O–H groups in total. The Kier molecular flexibility index (Phi) is 7.11. The van der Waals surface area contributed by atoms with Crippen LogP contribution in [0.2, 0.25) is 0 Å². The number of phenolic OH excluding ortho intramolecular Hbond substituents is 1. The molecule has 3 rings (SSSR count). The van der Waals surface area contributed by atoms with Gasteiger partial charge in [0.2, 0.25) is 11.8 Å². The Bertz CT molecular complexity index is 904. The fourth-order valence-corrected chi connectivity index (χ4v) is 3.85. The van der Waals surface area contributed by atoms with Gasteiger partial charge in [-0.1, -0.05) is 35.9 Å². The highest BCUT2D eigenvalue weighted by Crippen LogP contribution is 2.25. The van der Waals surface area contributed by atoms with Gasteiger partial charge in [0.15, 0.2) is 0 Å². The number of piperidine rings is 1. The van der Waals surface area contributed by atoms with E-state index in [1.54, 1.807) is 29.2 Å². The van der Waals surface area contributed by atoms with E-state index in [9.17, 15) is 14.7 Å². The van der Waals surface area contributed by atoms with Crippen LogP contribution in [-0.2, 0) is 16.1 Å². The molecule has 0 bridgehead atoms. The molecule has 6 nitrogen and oxygen atoms in total. The molecule has 1 heterocycles. The summed E-state index contributed by atoms with van der Waals surface area (Å²) >= 11 is 0. The normalized spacial score (nSPS) is 15.0. The number of likely N-dealkylation sites (tertiary alicyclic amines) is 1. The molecule has 0 radical (unpaired) electrons. The maximum atomic E-state index is 12.7. The van der Waals surface area contributed by atoms with Gasteiger partial charge in [-0.05, 0) is 63.0 Å². The molecule has 0 spiro atoms. The molecule has 0 unspecified atom stereocenters. The van der Waals surface area contributed by atoms with Crippen LogP contribution in [0.15, 0.2) is 42.5 Å². The maximum Gasteiger partial charge on any atom is 0.236 e. The van der Waals surface area contributed by atoms with Crippen molar-refractivity contribution in [2.45, 2.75) is 33.2 Å². The summed E-state index contributed by atoms with van der Waals surface area (Å²) in [4.78, 5) is 29.1. The summed E-state index contributed by atoms with van der Waals surface area (Å²) < 4.78 is 0. The van der Waals surface area contributed by atoms with Gasteiger partial charge in [-0.25, -0.2) is 0 Å². The number of rotatable bonds is 6. The number of nitrogens with one attached hydrogen (secondary N) is 1. The highest BCUT2D eigenvalue weighted by Gasteiger charge is 2.27. The van der Waals surface area contributed by atoms with E-state index in [1.807, 2.05) is 7.05 Å². The second-order valence-electron chi connectivity index (χ2n) is 8.24. The second-order valence-corrected chi connectivity index (χ2v) is 8.24. The standard InChI is InChI=1S/C24H31N3O3/c1-17-8-9-20(18(2)14-17)15-26(3)23(29)16-27-12-10-19(11-13-27)24(30)25-21-6-4-5-7-22(21)28/h4-9,14,19,28H,10-13,15-16H2,1-3H3,(H,25,30). The van der Waals surface area contributed by atoms with E-state index < -0.39 is 0 Å². The minimum atomic E-state index is -0.108. The summed E-state index contributed by atoms with van der Waals surface area (Å²) in [5, 5.41) is 12.6. The number of likely N-dealkylation sites (N-methyl/N-ethyl adjacent to an activating group) is 1. The van der Waals surface area contributed by atoms with E-state index in [1.165, 1.54) is 11.1 Å². The van der Waals surface area contributed by atoms with Crippen molar-refractivity contribution >= 4 is 17.5 Å². The Morgan fingerprint density at radius 3 is 2.50 bits per heavy atom. The number of nitrogens with zero attached hydrogens (tertiary/aromatic N) is 2. The molecule has 1 saturated heterocycles. The molecule has 0 saturated carbocycles. The molecular formula is C24H31N3O3. The third-order valence-electron chi connectivity index (χ3n) is 5.81. The molecule has 2 aromatic carbocycles. The second kappa shape index (κ2) is 9.76. The number of aryl methyl sites for hydroxylation is 2. The van der Waals surface area contributed by atoms with Crippen molar-refractivity contribution in [2.24, 2.45) is 5.92 Å². The Labute approximate surface area is 178 Å². The van der Waals surface area contributed by atoms with Gasteiger partial charge in [-0.2, -0.15) is 0 Å². The number of para-hydroxylation sites is 2. The minimum absolute atomic E-state index is 0.0701. The van der Waals surface area contributed by atoms with Gasteiger partial charge in [0.1, 0.15) is 5.75 Å². The van der Waals surface area contributed by atoms with E-state index >= 15 is 0 Å². The predicted molar refractivity (Wildman–Crippen MR) is 118 cm³/mol. The lowest BCUT2D eigenvalue weighted by atomic mass is 9.95. The van der Waals surface area contributed by atoms with Gasteiger partial charge in [0.05, 0.1) is 12.2 Å². The maximum absolute atomic E-state index is 12.7. The van der Waals surface area contributed by atoms with Crippen molar-refractivity contribution in [3.63, 3.8) is 0 Å². The number of anilines is 1. The van der Waals surface area contributed by atoms with Crippen LogP contribution in [0.3, 0.4) is 0 Å². The van der Waals surface area contributed by atoms with Gasteiger partial charge in [-0.3, -0.25) is 14.5 Å². The lowest BCUT2D eigenvalue weighted by Gasteiger charge is -2.32. The minimum Gasteiger partial charge on any atom is -0.506 e. The van der Waals surface area contributed by atoms with Crippen LogP contribution in [0.5, 0.6) is 5.75 Å². The van der Waals surface area contributed by atoms with E-state index in [0.29, 0.717) is 44.7 Å². The smallest absolute Gasteiger partial charge is 0.236 e. The van der Waals surface area contributed by atoms with Crippen molar-refractivity contribution < 1.29 is 14.7 Å². The van der Waals surface area contributed by atoms with Crippen LogP contribution < -0.4 is 5.32 Å². The van der Waals surface area contributed by atoms with Gasteiger partial charge < -0.3 is 15.3 Å². The summed E-state index contributed by atoms with van der Waals surface area (Å²) in [6, 6.07) is 13.0. The Balaban J connectivity index is 1.46. The zero-order chi connectivity index (χ0) is 21.7. The number of phenols is 1. The molecule has 1 fully saturated rings. The first-order chi connectivity index (χ1) is 14.3. The molecule has 2 amide bonds. The number of hydrogen-bond donors (Lipinski definition) is 2. The number of hydrogen-bond acceptors (Lipinski definition) is 4. The molecule has 6 heteroatoms. The first-order valence-electron chi connectivity index (χ1n) is 10.4. The fourth-order valence-electron chi connectivity index (χ4n) is 3.85. The molecule has 30 heavy (non-hydrogen) atoms. The molecule has 1 aliphatic rings. The molecule has 0 atom stereocenters. The molecule has 1 aliphatic heterocycles. The SMILES string of the molecule is Cc1ccc(CN(C)C(=O)CN2CCC(C(=O)Nc3ccccc3O)CC2)c(C)c1. The first-order valence-corrected chi connectivity index (χ1v) is 10.4. The largest absolute Gasteiger partial charge is 0.506 e. The van der Waals surface area contributed by atoms with Crippen LogP contribution in [-0.4, -0.2) is 53.4 Å². The summed E-state index contributed by atoms with van der Waals surface area (Å²) in [6.45, 7) is 6.54. The van der Waals surface area contributed by atoms with Crippen LogP contribution >= 0.6 is 0 Å². The summed E-state index contributed by atoms with van der Waals surface area (Å²) in [5.41, 5.74) is 4.02. The Morgan fingerprint density at radius 2 is 1.83 bits per heavy atom. The zero-order valence-electron chi connectivity index (χ0n) is 18.0. The van der Waals surface area contributed by atoms with Crippen molar-refractivity contribution in [2.75, 3.05) is 32.0 Å². The highest BCUT2D eigenvalue weighted by atomic mass is 16.3. The third kappa shape index (κ3) is 5.60. The van der Waals surface area contributed by atoms with Crippen molar-refractivity contribution in [1.82, 2.24) is 9.80 Å². The average Bonchev–Trinajstić information content (AvgIpc) is 2.72. The van der Waals surface area contributed by atoms with E-state index in [2.05, 4.69) is 42.3 Å².